The minimum atomic E-state index is -0.755. The summed E-state index contributed by atoms with van der Waals surface area (Å²) in [6, 6.07) is 4.84. The summed E-state index contributed by atoms with van der Waals surface area (Å²) in [6.07, 6.45) is 2.26. The van der Waals surface area contributed by atoms with Crippen LogP contribution in [0, 0.1) is 11.6 Å². The summed E-state index contributed by atoms with van der Waals surface area (Å²) in [7, 11) is 0. The van der Waals surface area contributed by atoms with Crippen molar-refractivity contribution in [2.24, 2.45) is 0 Å². The zero-order valence-corrected chi connectivity index (χ0v) is 10.8. The maximum absolute atomic E-state index is 13.6. The van der Waals surface area contributed by atoms with Gasteiger partial charge in [0.15, 0.2) is 11.6 Å². The maximum Gasteiger partial charge on any atom is 0.163 e. The highest BCUT2D eigenvalue weighted by molar-refractivity contribution is 5.19. The summed E-state index contributed by atoms with van der Waals surface area (Å²) in [5.74, 6) is -1.46. The second-order valence-electron chi connectivity index (χ2n) is 4.79. The molecule has 0 aromatic heterocycles. The van der Waals surface area contributed by atoms with Gasteiger partial charge in [-0.15, -0.1) is 0 Å². The Morgan fingerprint density at radius 3 is 3.00 bits per heavy atom. The highest BCUT2D eigenvalue weighted by Crippen LogP contribution is 2.21. The van der Waals surface area contributed by atoms with Crippen molar-refractivity contribution in [1.29, 1.82) is 0 Å². The van der Waals surface area contributed by atoms with E-state index in [1.807, 2.05) is 0 Å². The molecule has 1 fully saturated rings. The van der Waals surface area contributed by atoms with Crippen LogP contribution in [-0.4, -0.2) is 30.6 Å². The van der Waals surface area contributed by atoms with Crippen LogP contribution in [0.25, 0.3) is 0 Å². The predicted molar refractivity (Wildman–Crippen MR) is 68.3 cm³/mol. The van der Waals surface area contributed by atoms with Crippen LogP contribution in [0.4, 0.5) is 8.78 Å². The summed E-state index contributed by atoms with van der Waals surface area (Å²) < 4.78 is 26.8. The number of nitrogens with one attached hydrogen (secondary N) is 1. The van der Waals surface area contributed by atoms with Crippen molar-refractivity contribution in [1.82, 2.24) is 10.2 Å². The van der Waals surface area contributed by atoms with Gasteiger partial charge < -0.3 is 5.32 Å². The monoisotopic (exact) mass is 254 g/mol. The largest absolute Gasteiger partial charge is 0.315 e. The highest BCUT2D eigenvalue weighted by atomic mass is 19.2. The van der Waals surface area contributed by atoms with E-state index < -0.39 is 11.6 Å². The van der Waals surface area contributed by atoms with E-state index in [-0.39, 0.29) is 0 Å². The van der Waals surface area contributed by atoms with E-state index in [0.717, 1.165) is 32.5 Å². The second-order valence-corrected chi connectivity index (χ2v) is 4.79. The van der Waals surface area contributed by atoms with Crippen LogP contribution in [0.1, 0.15) is 25.3 Å². The summed E-state index contributed by atoms with van der Waals surface area (Å²) >= 11 is 0. The molecule has 1 aromatic carbocycles. The van der Waals surface area contributed by atoms with Crippen molar-refractivity contribution in [2.75, 3.05) is 19.6 Å². The summed E-state index contributed by atoms with van der Waals surface area (Å²) in [4.78, 5) is 2.24. The lowest BCUT2D eigenvalue weighted by Gasteiger charge is -2.24. The number of rotatable bonds is 5. The molecule has 18 heavy (non-hydrogen) atoms. The van der Waals surface area contributed by atoms with E-state index in [1.54, 1.807) is 12.1 Å². The first-order valence-electron chi connectivity index (χ1n) is 6.60. The Balaban J connectivity index is 2.01. The Morgan fingerprint density at radius 1 is 1.39 bits per heavy atom. The third-order valence-electron chi connectivity index (χ3n) is 3.53. The van der Waals surface area contributed by atoms with E-state index in [4.69, 9.17) is 0 Å². The molecule has 100 valence electrons. The fourth-order valence-corrected chi connectivity index (χ4v) is 2.53. The van der Waals surface area contributed by atoms with Gasteiger partial charge in [0, 0.05) is 24.7 Å². The van der Waals surface area contributed by atoms with Crippen molar-refractivity contribution in [3.63, 3.8) is 0 Å². The molecule has 1 heterocycles. The van der Waals surface area contributed by atoms with Gasteiger partial charge in [-0.25, -0.2) is 8.78 Å². The first-order valence-corrected chi connectivity index (χ1v) is 6.60. The maximum atomic E-state index is 13.6. The molecule has 0 amide bonds. The number of halogens is 2. The molecule has 1 aliphatic heterocycles. The quantitative estimate of drug-likeness (QED) is 0.868. The van der Waals surface area contributed by atoms with Gasteiger partial charge in [-0.2, -0.15) is 0 Å². The van der Waals surface area contributed by atoms with Crippen LogP contribution >= 0.6 is 0 Å². The fourth-order valence-electron chi connectivity index (χ4n) is 2.53. The van der Waals surface area contributed by atoms with Crippen molar-refractivity contribution < 1.29 is 8.78 Å². The SMILES string of the molecule is CCNCC1CCCN1Cc1cccc(F)c1F. The first kappa shape index (κ1) is 13.4. The summed E-state index contributed by atoms with van der Waals surface area (Å²) in [5, 5.41) is 3.32. The minimum absolute atomic E-state index is 0.438. The number of likely N-dealkylation sites (tertiary alicyclic amines) is 1. The molecule has 1 N–H and O–H groups in total. The molecule has 4 heteroatoms. The van der Waals surface area contributed by atoms with Crippen LogP contribution in [0.15, 0.2) is 18.2 Å². The Labute approximate surface area is 107 Å². The molecule has 0 bridgehead atoms. The van der Waals surface area contributed by atoms with Crippen LogP contribution in [0.2, 0.25) is 0 Å². The van der Waals surface area contributed by atoms with Gasteiger partial charge in [0.1, 0.15) is 0 Å². The van der Waals surface area contributed by atoms with Crippen LogP contribution < -0.4 is 5.32 Å². The van der Waals surface area contributed by atoms with Crippen molar-refractivity contribution in [2.45, 2.75) is 32.4 Å². The lowest BCUT2D eigenvalue weighted by molar-refractivity contribution is 0.236. The average Bonchev–Trinajstić information content (AvgIpc) is 2.80. The number of nitrogens with zero attached hydrogens (tertiary/aromatic N) is 1. The fraction of sp³-hybridized carbons (Fsp3) is 0.571. The van der Waals surface area contributed by atoms with Crippen molar-refractivity contribution in [3.05, 3.63) is 35.4 Å². The van der Waals surface area contributed by atoms with E-state index in [1.165, 1.54) is 6.07 Å². The second kappa shape index (κ2) is 6.25. The van der Waals surface area contributed by atoms with Gasteiger partial charge in [-0.05, 0) is 32.0 Å². The van der Waals surface area contributed by atoms with Gasteiger partial charge in [-0.1, -0.05) is 19.1 Å². The van der Waals surface area contributed by atoms with Gasteiger partial charge in [0.05, 0.1) is 0 Å². The molecule has 0 radical (unpaired) electrons. The van der Waals surface area contributed by atoms with Crippen LogP contribution in [-0.2, 0) is 6.54 Å². The van der Waals surface area contributed by atoms with Crippen LogP contribution in [0.5, 0.6) is 0 Å². The van der Waals surface area contributed by atoms with E-state index in [2.05, 4.69) is 17.1 Å². The molecular weight excluding hydrogens is 234 g/mol. The molecule has 2 nitrogen and oxygen atoms in total. The molecule has 1 aromatic rings. The number of hydrogen-bond acceptors (Lipinski definition) is 2. The van der Waals surface area contributed by atoms with E-state index in [0.29, 0.717) is 18.2 Å². The molecule has 1 aliphatic rings. The zero-order valence-electron chi connectivity index (χ0n) is 10.8. The third-order valence-corrected chi connectivity index (χ3v) is 3.53. The van der Waals surface area contributed by atoms with Gasteiger partial charge in [0.2, 0.25) is 0 Å². The number of hydrogen-bond donors (Lipinski definition) is 1. The lowest BCUT2D eigenvalue weighted by atomic mass is 10.1. The Hall–Kier alpha value is -1.00. The van der Waals surface area contributed by atoms with Gasteiger partial charge in [0.25, 0.3) is 0 Å². The highest BCUT2D eigenvalue weighted by Gasteiger charge is 2.25. The van der Waals surface area contributed by atoms with Gasteiger partial charge in [-0.3, -0.25) is 4.90 Å². The molecule has 0 saturated carbocycles. The summed E-state index contributed by atoms with van der Waals surface area (Å²) in [5.41, 5.74) is 0.457. The average molecular weight is 254 g/mol. The Bertz CT molecular complexity index is 395. The number of likely N-dealkylation sites (N-methyl/N-ethyl adjacent to an activating group) is 1. The molecule has 1 saturated heterocycles. The molecule has 2 rings (SSSR count). The van der Waals surface area contributed by atoms with E-state index >= 15 is 0 Å². The predicted octanol–water partition coefficient (Wildman–Crippen LogP) is 2.54. The normalized spacial score (nSPS) is 20.5. The molecule has 1 unspecified atom stereocenters. The Morgan fingerprint density at radius 2 is 2.22 bits per heavy atom. The minimum Gasteiger partial charge on any atom is -0.315 e. The zero-order chi connectivity index (χ0) is 13.0. The van der Waals surface area contributed by atoms with Gasteiger partial charge >= 0.3 is 0 Å². The smallest absolute Gasteiger partial charge is 0.163 e. The molecule has 0 spiro atoms. The van der Waals surface area contributed by atoms with E-state index in [9.17, 15) is 8.78 Å². The van der Waals surface area contributed by atoms with Crippen LogP contribution in [0.3, 0.4) is 0 Å². The lowest BCUT2D eigenvalue weighted by Crippen LogP contribution is -2.37. The Kier molecular flexibility index (Phi) is 4.66. The molecular formula is C14H20F2N2. The number of benzene rings is 1. The molecule has 0 aliphatic carbocycles. The van der Waals surface area contributed by atoms with Crippen molar-refractivity contribution >= 4 is 0 Å². The molecule has 1 atom stereocenters. The standard InChI is InChI=1S/C14H20F2N2/c1-2-17-9-12-6-4-8-18(12)10-11-5-3-7-13(15)14(11)16/h3,5,7,12,17H,2,4,6,8-10H2,1H3. The summed E-state index contributed by atoms with van der Waals surface area (Å²) in [6.45, 7) is 5.41. The third kappa shape index (κ3) is 3.06. The van der Waals surface area contributed by atoms with Crippen molar-refractivity contribution in [3.8, 4) is 0 Å². The topological polar surface area (TPSA) is 15.3 Å². The first-order chi connectivity index (χ1) is 8.72.